The molecule has 0 radical (unpaired) electrons. The fraction of sp³-hybridized carbons (Fsp3) is 0.938. The van der Waals surface area contributed by atoms with Gasteiger partial charge in [-0.2, -0.15) is 11.8 Å². The van der Waals surface area contributed by atoms with Gasteiger partial charge in [0.15, 0.2) is 5.96 Å². The molecule has 1 aliphatic carbocycles. The van der Waals surface area contributed by atoms with Gasteiger partial charge in [0.2, 0.25) is 0 Å². The highest BCUT2D eigenvalue weighted by atomic mass is 32.2. The van der Waals surface area contributed by atoms with Crippen LogP contribution in [0.2, 0.25) is 0 Å². The summed E-state index contributed by atoms with van der Waals surface area (Å²) < 4.78 is 5.95. The van der Waals surface area contributed by atoms with Gasteiger partial charge >= 0.3 is 0 Å². The number of guanidine groups is 1. The zero-order valence-electron chi connectivity index (χ0n) is 13.9. The molecule has 22 heavy (non-hydrogen) atoms. The molecule has 3 rings (SSSR count). The maximum absolute atomic E-state index is 10.4. The lowest BCUT2D eigenvalue weighted by molar-refractivity contribution is -0.188. The first-order valence-electron chi connectivity index (χ1n) is 8.35. The number of thioether (sulfide) groups is 1. The van der Waals surface area contributed by atoms with Crippen molar-refractivity contribution in [3.63, 3.8) is 0 Å². The third-order valence-corrected chi connectivity index (χ3v) is 6.75. The summed E-state index contributed by atoms with van der Waals surface area (Å²) in [5, 5.41) is 17.3. The molecule has 2 aliphatic heterocycles. The van der Waals surface area contributed by atoms with Gasteiger partial charge in [0, 0.05) is 43.3 Å². The fourth-order valence-electron chi connectivity index (χ4n) is 4.14. The number of rotatable bonds is 3. The van der Waals surface area contributed by atoms with Gasteiger partial charge < -0.3 is 20.5 Å². The molecule has 4 unspecified atom stereocenters. The van der Waals surface area contributed by atoms with Crippen LogP contribution in [0.1, 0.15) is 33.1 Å². The van der Waals surface area contributed by atoms with Crippen molar-refractivity contribution in [2.75, 3.05) is 31.7 Å². The molecule has 0 spiro atoms. The van der Waals surface area contributed by atoms with Gasteiger partial charge in [-0.25, -0.2) is 0 Å². The van der Waals surface area contributed by atoms with Gasteiger partial charge in [-0.15, -0.1) is 0 Å². The number of nitrogens with one attached hydrogen (secondary N) is 2. The van der Waals surface area contributed by atoms with Crippen molar-refractivity contribution in [3.05, 3.63) is 0 Å². The number of aliphatic imine (C=N–C) groups is 1. The standard InChI is InChI=1S/C16H29N3O2S/c1-15(2)12(11-5-4-7-21-13(11)15)19-14(17-3)18-9-16(20)6-8-22-10-16/h11-13,20H,4-10H2,1-3H3,(H2,17,18,19). The van der Waals surface area contributed by atoms with E-state index in [9.17, 15) is 5.11 Å². The van der Waals surface area contributed by atoms with Gasteiger partial charge in [0.1, 0.15) is 0 Å². The van der Waals surface area contributed by atoms with Crippen LogP contribution in [0, 0.1) is 11.3 Å². The van der Waals surface area contributed by atoms with Crippen molar-refractivity contribution >= 4 is 17.7 Å². The summed E-state index contributed by atoms with van der Waals surface area (Å²) in [6.45, 7) is 6.00. The molecule has 0 amide bonds. The highest BCUT2D eigenvalue weighted by Crippen LogP contribution is 2.51. The number of nitrogens with zero attached hydrogens (tertiary/aromatic N) is 1. The Morgan fingerprint density at radius 3 is 2.95 bits per heavy atom. The van der Waals surface area contributed by atoms with Crippen LogP contribution in [0.4, 0.5) is 0 Å². The molecule has 0 aromatic heterocycles. The summed E-state index contributed by atoms with van der Waals surface area (Å²) in [6, 6.07) is 0.386. The second-order valence-electron chi connectivity index (χ2n) is 7.49. The highest BCUT2D eigenvalue weighted by molar-refractivity contribution is 7.99. The maximum Gasteiger partial charge on any atom is 0.191 e. The largest absolute Gasteiger partial charge is 0.387 e. The number of fused-ring (bicyclic) bond motifs is 1. The SMILES string of the molecule is CN=C(NCC1(O)CCSC1)NC1C2CCCOC2C1(C)C. The normalized spacial score (nSPS) is 40.7. The Balaban J connectivity index is 1.56. The molecule has 2 saturated heterocycles. The quantitative estimate of drug-likeness (QED) is 0.537. The Kier molecular flexibility index (Phi) is 4.63. The smallest absolute Gasteiger partial charge is 0.191 e. The van der Waals surface area contributed by atoms with E-state index in [4.69, 9.17) is 4.74 Å². The van der Waals surface area contributed by atoms with Crippen molar-refractivity contribution in [2.24, 2.45) is 16.3 Å². The van der Waals surface area contributed by atoms with Crippen LogP contribution in [-0.2, 0) is 4.74 Å². The molecule has 3 N–H and O–H groups in total. The summed E-state index contributed by atoms with van der Waals surface area (Å²) in [5.41, 5.74) is -0.462. The van der Waals surface area contributed by atoms with Crippen molar-refractivity contribution < 1.29 is 9.84 Å². The molecule has 3 aliphatic rings. The van der Waals surface area contributed by atoms with Crippen LogP contribution in [-0.4, -0.2) is 60.5 Å². The van der Waals surface area contributed by atoms with Crippen LogP contribution < -0.4 is 10.6 Å². The lowest BCUT2D eigenvalue weighted by atomic mass is 9.55. The molecule has 0 aromatic carbocycles. The first-order valence-corrected chi connectivity index (χ1v) is 9.51. The average Bonchev–Trinajstić information content (AvgIpc) is 2.94. The van der Waals surface area contributed by atoms with Crippen LogP contribution in [0.15, 0.2) is 4.99 Å². The van der Waals surface area contributed by atoms with Gasteiger partial charge in [-0.3, -0.25) is 4.99 Å². The molecule has 126 valence electrons. The van der Waals surface area contributed by atoms with E-state index in [1.807, 2.05) is 11.8 Å². The minimum atomic E-state index is -0.589. The lowest BCUT2D eigenvalue weighted by Gasteiger charge is -2.60. The molecule has 5 nitrogen and oxygen atoms in total. The highest BCUT2D eigenvalue weighted by Gasteiger charge is 2.58. The van der Waals surface area contributed by atoms with Crippen molar-refractivity contribution in [3.8, 4) is 0 Å². The Morgan fingerprint density at radius 2 is 2.27 bits per heavy atom. The van der Waals surface area contributed by atoms with E-state index in [0.29, 0.717) is 24.6 Å². The molecule has 6 heteroatoms. The van der Waals surface area contributed by atoms with E-state index in [2.05, 4.69) is 29.5 Å². The Morgan fingerprint density at radius 1 is 1.45 bits per heavy atom. The molecule has 0 bridgehead atoms. The zero-order valence-corrected chi connectivity index (χ0v) is 14.7. The number of aliphatic hydroxyl groups is 1. The van der Waals surface area contributed by atoms with Crippen molar-refractivity contribution in [1.29, 1.82) is 0 Å². The van der Waals surface area contributed by atoms with E-state index in [-0.39, 0.29) is 5.41 Å². The van der Waals surface area contributed by atoms with E-state index < -0.39 is 5.60 Å². The molecular formula is C16H29N3O2S. The minimum Gasteiger partial charge on any atom is -0.387 e. The van der Waals surface area contributed by atoms with Crippen LogP contribution in [0.5, 0.6) is 0 Å². The predicted octanol–water partition coefficient (Wildman–Crippen LogP) is 1.22. The molecule has 2 heterocycles. The van der Waals surface area contributed by atoms with E-state index in [1.54, 1.807) is 7.05 Å². The summed E-state index contributed by atoms with van der Waals surface area (Å²) in [4.78, 5) is 4.34. The van der Waals surface area contributed by atoms with Crippen LogP contribution in [0.25, 0.3) is 0 Å². The Bertz CT molecular complexity index is 435. The summed E-state index contributed by atoms with van der Waals surface area (Å²) in [6.07, 6.45) is 3.60. The fourth-order valence-corrected chi connectivity index (χ4v) is 5.44. The molecule has 3 fully saturated rings. The number of ether oxygens (including phenoxy) is 1. The molecular weight excluding hydrogens is 298 g/mol. The van der Waals surface area contributed by atoms with Gasteiger partial charge in [0.05, 0.1) is 11.7 Å². The Labute approximate surface area is 137 Å². The second-order valence-corrected chi connectivity index (χ2v) is 8.60. The topological polar surface area (TPSA) is 65.9 Å². The maximum atomic E-state index is 10.4. The zero-order chi connectivity index (χ0) is 15.8. The van der Waals surface area contributed by atoms with Gasteiger partial charge in [0.25, 0.3) is 0 Å². The second kappa shape index (κ2) is 6.21. The molecule has 1 saturated carbocycles. The first-order chi connectivity index (χ1) is 10.5. The van der Waals surface area contributed by atoms with Gasteiger partial charge in [-0.05, 0) is 25.0 Å². The van der Waals surface area contributed by atoms with Crippen LogP contribution in [0.3, 0.4) is 0 Å². The van der Waals surface area contributed by atoms with Crippen molar-refractivity contribution in [1.82, 2.24) is 10.6 Å². The summed E-state index contributed by atoms with van der Waals surface area (Å²) in [7, 11) is 1.79. The third-order valence-electron chi connectivity index (χ3n) is 5.51. The lowest BCUT2D eigenvalue weighted by Crippen LogP contribution is -2.71. The van der Waals surface area contributed by atoms with E-state index in [1.165, 1.54) is 6.42 Å². The molecule has 4 atom stereocenters. The first kappa shape index (κ1) is 16.4. The third kappa shape index (κ3) is 2.97. The van der Waals surface area contributed by atoms with Gasteiger partial charge in [-0.1, -0.05) is 13.8 Å². The van der Waals surface area contributed by atoms with Crippen molar-refractivity contribution in [2.45, 2.75) is 50.9 Å². The molecule has 0 aromatic rings. The monoisotopic (exact) mass is 327 g/mol. The predicted molar refractivity (Wildman–Crippen MR) is 91.4 cm³/mol. The van der Waals surface area contributed by atoms with E-state index in [0.717, 1.165) is 36.9 Å². The average molecular weight is 327 g/mol. The summed E-state index contributed by atoms with van der Waals surface area (Å²) in [5.74, 6) is 3.23. The van der Waals surface area contributed by atoms with E-state index >= 15 is 0 Å². The van der Waals surface area contributed by atoms with Crippen LogP contribution >= 0.6 is 11.8 Å². The Hall–Kier alpha value is -0.460. The summed E-state index contributed by atoms with van der Waals surface area (Å²) >= 11 is 1.82. The number of hydrogen-bond acceptors (Lipinski definition) is 4. The number of hydrogen-bond donors (Lipinski definition) is 3. The minimum absolute atomic E-state index is 0.128.